The number of halogens is 1. The number of methoxy groups -OCH3 is 1. The second-order valence-corrected chi connectivity index (χ2v) is 9.64. The summed E-state index contributed by atoms with van der Waals surface area (Å²) in [4.78, 5) is 15.0. The molecule has 6 nitrogen and oxygen atoms in total. The molecule has 3 aromatic carbocycles. The molecular formula is C25H25FN2O4S. The van der Waals surface area contributed by atoms with E-state index >= 15 is 0 Å². The zero-order valence-electron chi connectivity index (χ0n) is 18.2. The number of nitrogens with zero attached hydrogens (tertiary/aromatic N) is 1. The second-order valence-electron chi connectivity index (χ2n) is 7.96. The Hall–Kier alpha value is -3.39. The third kappa shape index (κ3) is 5.17. The van der Waals surface area contributed by atoms with E-state index in [4.69, 9.17) is 4.74 Å². The van der Waals surface area contributed by atoms with Gasteiger partial charge in [0.05, 0.1) is 17.7 Å². The highest BCUT2D eigenvalue weighted by Gasteiger charge is 2.30. The summed E-state index contributed by atoms with van der Waals surface area (Å²) in [5.41, 5.74) is 1.44. The third-order valence-electron chi connectivity index (χ3n) is 5.74. The van der Waals surface area contributed by atoms with Crippen molar-refractivity contribution in [2.75, 3.05) is 18.4 Å². The number of benzene rings is 3. The predicted octanol–water partition coefficient (Wildman–Crippen LogP) is 4.48. The van der Waals surface area contributed by atoms with Gasteiger partial charge in [-0.2, -0.15) is 0 Å². The number of nitrogens with one attached hydrogen (secondary N) is 1. The van der Waals surface area contributed by atoms with Gasteiger partial charge < -0.3 is 9.64 Å². The Morgan fingerprint density at radius 2 is 1.88 bits per heavy atom. The van der Waals surface area contributed by atoms with E-state index in [2.05, 4.69) is 4.72 Å². The summed E-state index contributed by atoms with van der Waals surface area (Å²) in [7, 11) is -2.47. The molecule has 1 fully saturated rings. The fourth-order valence-electron chi connectivity index (χ4n) is 4.15. The van der Waals surface area contributed by atoms with E-state index in [0.29, 0.717) is 30.0 Å². The number of amides is 1. The highest BCUT2D eigenvalue weighted by Crippen LogP contribution is 2.28. The van der Waals surface area contributed by atoms with Crippen LogP contribution in [0.2, 0.25) is 0 Å². The van der Waals surface area contributed by atoms with E-state index in [9.17, 15) is 17.6 Å². The van der Waals surface area contributed by atoms with Crippen LogP contribution >= 0.6 is 0 Å². The molecule has 4 rings (SSSR count). The van der Waals surface area contributed by atoms with Gasteiger partial charge in [0.15, 0.2) is 0 Å². The Morgan fingerprint density at radius 3 is 2.67 bits per heavy atom. The zero-order chi connectivity index (χ0) is 23.4. The van der Waals surface area contributed by atoms with E-state index in [1.165, 1.54) is 31.4 Å². The van der Waals surface area contributed by atoms with Crippen molar-refractivity contribution in [2.24, 2.45) is 0 Å². The Kier molecular flexibility index (Phi) is 6.65. The van der Waals surface area contributed by atoms with Gasteiger partial charge in [-0.3, -0.25) is 9.52 Å². The van der Waals surface area contributed by atoms with Crippen LogP contribution in [0.25, 0.3) is 0 Å². The molecule has 1 saturated heterocycles. The van der Waals surface area contributed by atoms with Crippen LogP contribution in [0, 0.1) is 5.82 Å². The average Bonchev–Trinajstić information content (AvgIpc) is 3.27. The molecule has 1 N–H and O–H groups in total. The minimum absolute atomic E-state index is 0.0138. The number of likely N-dealkylation sites (tertiary alicyclic amines) is 1. The molecule has 0 radical (unpaired) electrons. The molecule has 0 aliphatic carbocycles. The SMILES string of the molecule is COc1ccccc1NS(=O)(=O)c1cccc(C(=O)N2CCCC2Cc2cccc(F)c2)c1. The van der Waals surface area contributed by atoms with Crippen LogP contribution in [-0.4, -0.2) is 38.9 Å². The molecule has 0 bridgehead atoms. The van der Waals surface area contributed by atoms with Crippen molar-refractivity contribution in [3.05, 3.63) is 89.7 Å². The lowest BCUT2D eigenvalue weighted by molar-refractivity contribution is 0.0736. The summed E-state index contributed by atoms with van der Waals surface area (Å²) in [5.74, 6) is -0.141. The number of hydrogen-bond donors (Lipinski definition) is 1. The number of rotatable bonds is 7. The minimum Gasteiger partial charge on any atom is -0.495 e. The van der Waals surface area contributed by atoms with Crippen molar-refractivity contribution in [1.29, 1.82) is 0 Å². The Labute approximate surface area is 193 Å². The van der Waals surface area contributed by atoms with E-state index in [-0.39, 0.29) is 22.7 Å². The van der Waals surface area contributed by atoms with Crippen molar-refractivity contribution in [1.82, 2.24) is 4.90 Å². The van der Waals surface area contributed by atoms with Crippen LogP contribution in [0.5, 0.6) is 5.75 Å². The van der Waals surface area contributed by atoms with Gasteiger partial charge in [0, 0.05) is 18.2 Å². The molecule has 8 heteroatoms. The summed E-state index contributed by atoms with van der Waals surface area (Å²) in [6.07, 6.45) is 2.21. The Bertz CT molecular complexity index is 1260. The van der Waals surface area contributed by atoms with Gasteiger partial charge in [-0.05, 0) is 67.3 Å². The van der Waals surface area contributed by atoms with E-state index < -0.39 is 10.0 Å². The standard InChI is InChI=1S/C25H25FN2O4S/c1-32-24-13-3-2-12-23(24)27-33(30,31)22-11-5-8-19(17-22)25(29)28-14-6-10-21(28)16-18-7-4-9-20(26)15-18/h2-5,7-9,11-13,15,17,21,27H,6,10,14,16H2,1H3. The third-order valence-corrected chi connectivity index (χ3v) is 7.10. The van der Waals surface area contributed by atoms with Crippen LogP contribution in [0.1, 0.15) is 28.8 Å². The summed E-state index contributed by atoms with van der Waals surface area (Å²) in [6, 6.07) is 19.0. The van der Waals surface area contributed by atoms with Crippen LogP contribution in [0.4, 0.5) is 10.1 Å². The number of sulfonamides is 1. The van der Waals surface area contributed by atoms with Gasteiger partial charge >= 0.3 is 0 Å². The zero-order valence-corrected chi connectivity index (χ0v) is 19.0. The molecule has 1 aliphatic heterocycles. The molecule has 1 unspecified atom stereocenters. The highest BCUT2D eigenvalue weighted by molar-refractivity contribution is 7.92. The maximum absolute atomic E-state index is 13.6. The lowest BCUT2D eigenvalue weighted by Crippen LogP contribution is -2.36. The second kappa shape index (κ2) is 9.62. The predicted molar refractivity (Wildman–Crippen MR) is 124 cm³/mol. The van der Waals surface area contributed by atoms with Crippen LogP contribution in [0.3, 0.4) is 0 Å². The van der Waals surface area contributed by atoms with Crippen LogP contribution < -0.4 is 9.46 Å². The Morgan fingerprint density at radius 1 is 1.09 bits per heavy atom. The van der Waals surface area contributed by atoms with Gasteiger partial charge in [-0.25, -0.2) is 12.8 Å². The molecule has 1 amide bonds. The van der Waals surface area contributed by atoms with Gasteiger partial charge in [0.2, 0.25) is 0 Å². The lowest BCUT2D eigenvalue weighted by Gasteiger charge is -2.25. The van der Waals surface area contributed by atoms with Crippen molar-refractivity contribution in [3.63, 3.8) is 0 Å². The lowest BCUT2D eigenvalue weighted by atomic mass is 10.0. The van der Waals surface area contributed by atoms with E-state index in [1.54, 1.807) is 47.4 Å². The molecule has 0 saturated carbocycles. The summed E-state index contributed by atoms with van der Waals surface area (Å²) < 4.78 is 47.3. The normalized spacial score (nSPS) is 15.9. The molecule has 0 spiro atoms. The molecule has 172 valence electrons. The minimum atomic E-state index is -3.93. The molecule has 3 aromatic rings. The van der Waals surface area contributed by atoms with Gasteiger partial charge in [-0.1, -0.05) is 30.3 Å². The molecule has 1 heterocycles. The first kappa shape index (κ1) is 22.8. The smallest absolute Gasteiger partial charge is 0.262 e. The first-order chi connectivity index (χ1) is 15.9. The highest BCUT2D eigenvalue weighted by atomic mass is 32.2. The maximum Gasteiger partial charge on any atom is 0.262 e. The van der Waals surface area contributed by atoms with E-state index in [1.807, 2.05) is 6.07 Å². The van der Waals surface area contributed by atoms with Gasteiger partial charge in [0.25, 0.3) is 15.9 Å². The summed E-state index contributed by atoms with van der Waals surface area (Å²) in [5, 5.41) is 0. The van der Waals surface area contributed by atoms with E-state index in [0.717, 1.165) is 18.4 Å². The van der Waals surface area contributed by atoms with Gasteiger partial charge in [-0.15, -0.1) is 0 Å². The summed E-state index contributed by atoms with van der Waals surface area (Å²) in [6.45, 7) is 0.579. The molecule has 1 atom stereocenters. The largest absolute Gasteiger partial charge is 0.495 e. The number of para-hydroxylation sites is 2. The molecule has 33 heavy (non-hydrogen) atoms. The van der Waals surface area contributed by atoms with Crippen LogP contribution in [-0.2, 0) is 16.4 Å². The number of ether oxygens (including phenoxy) is 1. The topological polar surface area (TPSA) is 75.7 Å². The van der Waals surface area contributed by atoms with Crippen molar-refractivity contribution >= 4 is 21.6 Å². The van der Waals surface area contributed by atoms with Crippen molar-refractivity contribution in [3.8, 4) is 5.75 Å². The molecule has 0 aromatic heterocycles. The molecular weight excluding hydrogens is 443 g/mol. The fraction of sp³-hybridized carbons (Fsp3) is 0.240. The maximum atomic E-state index is 13.6. The number of carbonyl (C=O) groups is 1. The molecule has 1 aliphatic rings. The Balaban J connectivity index is 1.54. The number of anilines is 1. The van der Waals surface area contributed by atoms with Crippen molar-refractivity contribution in [2.45, 2.75) is 30.2 Å². The van der Waals surface area contributed by atoms with Crippen molar-refractivity contribution < 1.29 is 22.3 Å². The summed E-state index contributed by atoms with van der Waals surface area (Å²) >= 11 is 0. The average molecular weight is 469 g/mol. The fourth-order valence-corrected chi connectivity index (χ4v) is 5.26. The van der Waals surface area contributed by atoms with Crippen LogP contribution in [0.15, 0.2) is 77.7 Å². The first-order valence-electron chi connectivity index (χ1n) is 10.7. The first-order valence-corrected chi connectivity index (χ1v) is 12.2. The quantitative estimate of drug-likeness (QED) is 0.555. The number of hydrogen-bond acceptors (Lipinski definition) is 4. The number of carbonyl (C=O) groups excluding carboxylic acids is 1. The monoisotopic (exact) mass is 468 g/mol. The van der Waals surface area contributed by atoms with Gasteiger partial charge in [0.1, 0.15) is 11.6 Å².